The number of aromatic carboxylic acids is 1. The van der Waals surface area contributed by atoms with Crippen LogP contribution in [0.25, 0.3) is 0 Å². The number of nitrogens with zero attached hydrogens (tertiary/aromatic N) is 1. The molecule has 0 bridgehead atoms. The molecule has 1 aromatic carbocycles. The summed E-state index contributed by atoms with van der Waals surface area (Å²) in [4.78, 5) is 35.5. The molecule has 2 amide bonds. The molecule has 1 heterocycles. The fourth-order valence-corrected chi connectivity index (χ4v) is 1.94. The van der Waals surface area contributed by atoms with Crippen LogP contribution in [-0.2, 0) is 9.53 Å². The van der Waals surface area contributed by atoms with Gasteiger partial charge in [0.25, 0.3) is 5.91 Å². The Morgan fingerprint density at radius 3 is 2.35 bits per heavy atom. The summed E-state index contributed by atoms with van der Waals surface area (Å²) >= 11 is 0. The Bertz CT molecular complexity index is 540. The molecule has 1 aromatic rings. The van der Waals surface area contributed by atoms with E-state index in [9.17, 15) is 14.4 Å². The first-order valence-electron chi connectivity index (χ1n) is 6.02. The van der Waals surface area contributed by atoms with Gasteiger partial charge in [-0.2, -0.15) is 0 Å². The van der Waals surface area contributed by atoms with Crippen molar-refractivity contribution in [1.82, 2.24) is 4.90 Å². The second-order valence-corrected chi connectivity index (χ2v) is 4.40. The van der Waals surface area contributed by atoms with Gasteiger partial charge in [0.05, 0.1) is 18.7 Å². The van der Waals surface area contributed by atoms with E-state index in [0.717, 1.165) is 0 Å². The Balaban J connectivity index is 2.10. The standard InChI is InChI=1S/C13H14N2O5/c14-11(16)10-7-15(5-6-20-10)12(17)8-1-3-9(4-2-8)13(18)19/h1-4,10H,5-7H2,(H2,14,16)(H,18,19)/t10-/m1/s1. The van der Waals surface area contributed by atoms with Crippen molar-refractivity contribution in [3.8, 4) is 0 Å². The number of carboxylic acids is 1. The van der Waals surface area contributed by atoms with Crippen molar-refractivity contribution in [2.24, 2.45) is 5.73 Å². The highest BCUT2D eigenvalue weighted by Gasteiger charge is 2.28. The minimum Gasteiger partial charge on any atom is -0.478 e. The number of carbonyl (C=O) groups is 3. The van der Waals surface area contributed by atoms with Crippen molar-refractivity contribution in [1.29, 1.82) is 0 Å². The average Bonchev–Trinajstić information content (AvgIpc) is 2.46. The molecule has 0 spiro atoms. The van der Waals surface area contributed by atoms with E-state index in [1.54, 1.807) is 0 Å². The summed E-state index contributed by atoms with van der Waals surface area (Å²) in [6.07, 6.45) is -0.800. The Morgan fingerprint density at radius 1 is 1.20 bits per heavy atom. The van der Waals surface area contributed by atoms with Crippen LogP contribution in [-0.4, -0.2) is 53.6 Å². The van der Waals surface area contributed by atoms with Crippen molar-refractivity contribution in [3.63, 3.8) is 0 Å². The van der Waals surface area contributed by atoms with Crippen LogP contribution in [0.3, 0.4) is 0 Å². The normalized spacial score (nSPS) is 18.6. The highest BCUT2D eigenvalue weighted by Crippen LogP contribution is 2.12. The fourth-order valence-electron chi connectivity index (χ4n) is 1.94. The lowest BCUT2D eigenvalue weighted by Gasteiger charge is -2.31. The van der Waals surface area contributed by atoms with E-state index in [1.165, 1.54) is 29.2 Å². The summed E-state index contributed by atoms with van der Waals surface area (Å²) in [6.45, 7) is 0.713. The number of nitrogens with two attached hydrogens (primary N) is 1. The molecule has 7 nitrogen and oxygen atoms in total. The summed E-state index contributed by atoms with van der Waals surface area (Å²) in [5.74, 6) is -1.94. The van der Waals surface area contributed by atoms with Gasteiger partial charge in [-0.05, 0) is 24.3 Å². The lowest BCUT2D eigenvalue weighted by Crippen LogP contribution is -2.50. The van der Waals surface area contributed by atoms with Crippen LogP contribution in [0.1, 0.15) is 20.7 Å². The van der Waals surface area contributed by atoms with Gasteiger partial charge in [0.15, 0.2) is 6.10 Å². The van der Waals surface area contributed by atoms with Crippen molar-refractivity contribution in [2.75, 3.05) is 19.7 Å². The number of benzene rings is 1. The molecule has 0 aromatic heterocycles. The summed E-state index contributed by atoms with van der Waals surface area (Å²) in [5.41, 5.74) is 5.63. The minimum atomic E-state index is -1.05. The molecular formula is C13H14N2O5. The zero-order chi connectivity index (χ0) is 14.7. The van der Waals surface area contributed by atoms with Gasteiger partial charge in [0.1, 0.15) is 0 Å². The molecule has 106 valence electrons. The Kier molecular flexibility index (Phi) is 3.99. The predicted molar refractivity (Wildman–Crippen MR) is 68.2 cm³/mol. The molecule has 1 aliphatic rings. The van der Waals surface area contributed by atoms with Crippen LogP contribution < -0.4 is 5.73 Å². The first-order chi connectivity index (χ1) is 9.49. The Morgan fingerprint density at radius 2 is 1.80 bits per heavy atom. The maximum atomic E-state index is 12.2. The molecule has 1 fully saturated rings. The maximum Gasteiger partial charge on any atom is 0.335 e. The largest absolute Gasteiger partial charge is 0.478 e. The van der Waals surface area contributed by atoms with Gasteiger partial charge in [-0.3, -0.25) is 9.59 Å². The molecule has 20 heavy (non-hydrogen) atoms. The highest BCUT2D eigenvalue weighted by atomic mass is 16.5. The smallest absolute Gasteiger partial charge is 0.335 e. The van der Waals surface area contributed by atoms with Crippen LogP contribution in [0.15, 0.2) is 24.3 Å². The van der Waals surface area contributed by atoms with Gasteiger partial charge in [0.2, 0.25) is 5.91 Å². The number of rotatable bonds is 3. The highest BCUT2D eigenvalue weighted by molar-refractivity contribution is 5.96. The van der Waals surface area contributed by atoms with E-state index in [0.29, 0.717) is 12.1 Å². The number of carboxylic acid groups (broad SMARTS) is 1. The molecule has 1 saturated heterocycles. The SMILES string of the molecule is NC(=O)[C@H]1CN(C(=O)c2ccc(C(=O)O)cc2)CCO1. The molecule has 7 heteroatoms. The number of primary amides is 1. The molecule has 0 radical (unpaired) electrons. The summed E-state index contributed by atoms with van der Waals surface area (Å²) in [7, 11) is 0. The molecule has 0 unspecified atom stereocenters. The monoisotopic (exact) mass is 278 g/mol. The molecule has 0 aliphatic carbocycles. The van der Waals surface area contributed by atoms with E-state index in [-0.39, 0.29) is 24.6 Å². The van der Waals surface area contributed by atoms with E-state index in [4.69, 9.17) is 15.6 Å². The first kappa shape index (κ1) is 14.0. The van der Waals surface area contributed by atoms with Crippen molar-refractivity contribution in [2.45, 2.75) is 6.10 Å². The molecule has 1 atom stereocenters. The molecular weight excluding hydrogens is 264 g/mol. The zero-order valence-corrected chi connectivity index (χ0v) is 10.6. The van der Waals surface area contributed by atoms with Crippen LogP contribution in [0.5, 0.6) is 0 Å². The molecule has 2 rings (SSSR count). The van der Waals surface area contributed by atoms with Crippen LogP contribution >= 0.6 is 0 Å². The van der Waals surface area contributed by atoms with Crippen molar-refractivity contribution < 1.29 is 24.2 Å². The second-order valence-electron chi connectivity index (χ2n) is 4.40. The van der Waals surface area contributed by atoms with Gasteiger partial charge >= 0.3 is 5.97 Å². The van der Waals surface area contributed by atoms with Gasteiger partial charge in [-0.15, -0.1) is 0 Å². The summed E-state index contributed by atoms with van der Waals surface area (Å²) in [6, 6.07) is 5.62. The summed E-state index contributed by atoms with van der Waals surface area (Å²) < 4.78 is 5.16. The zero-order valence-electron chi connectivity index (χ0n) is 10.6. The van der Waals surface area contributed by atoms with Gasteiger partial charge < -0.3 is 20.5 Å². The van der Waals surface area contributed by atoms with Crippen molar-refractivity contribution >= 4 is 17.8 Å². The third kappa shape index (κ3) is 2.94. The lowest BCUT2D eigenvalue weighted by atomic mass is 10.1. The number of hydrogen-bond acceptors (Lipinski definition) is 4. The molecule has 3 N–H and O–H groups in total. The lowest BCUT2D eigenvalue weighted by molar-refractivity contribution is -0.133. The Hall–Kier alpha value is -2.41. The first-order valence-corrected chi connectivity index (χ1v) is 6.02. The predicted octanol–water partition coefficient (Wildman–Crippen LogP) is -0.289. The number of carbonyl (C=O) groups excluding carboxylic acids is 2. The van der Waals surface area contributed by atoms with Crippen LogP contribution in [0.2, 0.25) is 0 Å². The number of ether oxygens (including phenoxy) is 1. The molecule has 1 aliphatic heterocycles. The Labute approximate surface area is 114 Å². The van der Waals surface area contributed by atoms with E-state index in [1.807, 2.05) is 0 Å². The number of hydrogen-bond donors (Lipinski definition) is 2. The van der Waals surface area contributed by atoms with Crippen LogP contribution in [0, 0.1) is 0 Å². The van der Waals surface area contributed by atoms with Crippen LogP contribution in [0.4, 0.5) is 0 Å². The van der Waals surface area contributed by atoms with Gasteiger partial charge in [0, 0.05) is 12.1 Å². The summed E-state index contributed by atoms with van der Waals surface area (Å²) in [5, 5.41) is 8.80. The van der Waals surface area contributed by atoms with Gasteiger partial charge in [-0.25, -0.2) is 4.79 Å². The van der Waals surface area contributed by atoms with Gasteiger partial charge in [-0.1, -0.05) is 0 Å². The fraction of sp³-hybridized carbons (Fsp3) is 0.308. The third-order valence-electron chi connectivity index (χ3n) is 3.05. The number of morpholine rings is 1. The number of amides is 2. The van der Waals surface area contributed by atoms with E-state index in [2.05, 4.69) is 0 Å². The van der Waals surface area contributed by atoms with Crippen molar-refractivity contribution in [3.05, 3.63) is 35.4 Å². The topological polar surface area (TPSA) is 110 Å². The maximum absolute atomic E-state index is 12.2. The molecule has 0 saturated carbocycles. The second kappa shape index (κ2) is 5.70. The van der Waals surface area contributed by atoms with E-state index < -0.39 is 18.0 Å². The average molecular weight is 278 g/mol. The quantitative estimate of drug-likeness (QED) is 0.789. The van der Waals surface area contributed by atoms with E-state index >= 15 is 0 Å². The third-order valence-corrected chi connectivity index (χ3v) is 3.05. The minimum absolute atomic E-state index is 0.106.